The molecule has 1 aliphatic rings. The zero-order valence-electron chi connectivity index (χ0n) is 19.9. The first kappa shape index (κ1) is 22.5. The molecule has 0 aliphatic carbocycles. The third kappa shape index (κ3) is 4.15. The van der Waals surface area contributed by atoms with Gasteiger partial charge >= 0.3 is 0 Å². The summed E-state index contributed by atoms with van der Waals surface area (Å²) in [5.41, 5.74) is 4.51. The largest absolute Gasteiger partial charge is 0.456 e. The standard InChI is InChI=1S/C26H24ClN7O2/c1-15-30-20-6-5-19(10-22(20)31-15)36-24-8-7-21-26(25(24)27)32-23(12-28-21)17-11-29-34(13-17)18-4-3-9-33(14-18)16(2)35/h5-8,10-13,18H,3-4,9,14H2,1-2H3,(H,30,31). The lowest BCUT2D eigenvalue weighted by molar-refractivity contribution is -0.130. The summed E-state index contributed by atoms with van der Waals surface area (Å²) in [5, 5.41) is 4.95. The fourth-order valence-electron chi connectivity index (χ4n) is 4.68. The molecule has 3 aromatic heterocycles. The molecule has 2 aromatic carbocycles. The lowest BCUT2D eigenvalue weighted by atomic mass is 10.1. The van der Waals surface area contributed by atoms with E-state index in [2.05, 4.69) is 20.1 Å². The van der Waals surface area contributed by atoms with E-state index >= 15 is 0 Å². The number of piperidine rings is 1. The Balaban J connectivity index is 1.29. The predicted octanol–water partition coefficient (Wildman–Crippen LogP) is 5.31. The van der Waals surface area contributed by atoms with E-state index < -0.39 is 0 Å². The van der Waals surface area contributed by atoms with Gasteiger partial charge in [0.2, 0.25) is 5.91 Å². The lowest BCUT2D eigenvalue weighted by Gasteiger charge is -2.32. The maximum Gasteiger partial charge on any atom is 0.219 e. The van der Waals surface area contributed by atoms with Crippen LogP contribution in [0.4, 0.5) is 0 Å². The van der Waals surface area contributed by atoms with Crippen LogP contribution in [0.15, 0.2) is 48.9 Å². The normalized spacial score (nSPS) is 16.1. The second kappa shape index (κ2) is 8.91. The van der Waals surface area contributed by atoms with Crippen molar-refractivity contribution in [2.45, 2.75) is 32.7 Å². The van der Waals surface area contributed by atoms with E-state index in [1.54, 1.807) is 25.4 Å². The number of nitrogens with one attached hydrogen (secondary N) is 1. The van der Waals surface area contributed by atoms with E-state index in [0.717, 1.165) is 41.8 Å². The van der Waals surface area contributed by atoms with Crippen molar-refractivity contribution >= 4 is 39.6 Å². The van der Waals surface area contributed by atoms with E-state index in [1.165, 1.54) is 0 Å². The molecule has 1 fully saturated rings. The number of likely N-dealkylation sites (tertiary alicyclic amines) is 1. The number of imidazole rings is 1. The van der Waals surface area contributed by atoms with Crippen LogP contribution in [0, 0.1) is 6.92 Å². The van der Waals surface area contributed by atoms with Crippen LogP contribution in [0.25, 0.3) is 33.3 Å². The number of carbonyl (C=O) groups excluding carboxylic acids is 1. The predicted molar refractivity (Wildman–Crippen MR) is 137 cm³/mol. The van der Waals surface area contributed by atoms with Gasteiger partial charge in [-0.15, -0.1) is 0 Å². The fraction of sp³-hybridized carbons (Fsp3) is 0.269. The first-order valence-corrected chi connectivity index (χ1v) is 12.2. The number of ether oxygens (including phenoxy) is 1. The summed E-state index contributed by atoms with van der Waals surface area (Å²) >= 11 is 6.74. The molecule has 5 aromatic rings. The van der Waals surface area contributed by atoms with Gasteiger partial charge in [0.05, 0.1) is 40.7 Å². The number of fused-ring (bicyclic) bond motifs is 2. The quantitative estimate of drug-likeness (QED) is 0.358. The van der Waals surface area contributed by atoms with Gasteiger partial charge in [0.25, 0.3) is 0 Å². The molecular formula is C26H24ClN7O2. The number of hydrogen-bond acceptors (Lipinski definition) is 6. The molecule has 0 bridgehead atoms. The van der Waals surface area contributed by atoms with Crippen LogP contribution in [0.2, 0.25) is 5.02 Å². The van der Waals surface area contributed by atoms with Gasteiger partial charge in [-0.05, 0) is 44.0 Å². The fourth-order valence-corrected chi connectivity index (χ4v) is 4.92. The number of nitrogens with zero attached hydrogens (tertiary/aromatic N) is 6. The van der Waals surface area contributed by atoms with Gasteiger partial charge in [-0.1, -0.05) is 11.6 Å². The molecule has 0 spiro atoms. The average molecular weight is 502 g/mol. The highest BCUT2D eigenvalue weighted by molar-refractivity contribution is 6.36. The molecule has 10 heteroatoms. The van der Waals surface area contributed by atoms with Crippen molar-refractivity contribution in [3.05, 3.63) is 59.8 Å². The minimum Gasteiger partial charge on any atom is -0.456 e. The average Bonchev–Trinajstić information content (AvgIpc) is 3.52. The number of H-pyrrole nitrogens is 1. The van der Waals surface area contributed by atoms with Crippen molar-refractivity contribution in [1.29, 1.82) is 0 Å². The van der Waals surface area contributed by atoms with Crippen LogP contribution in [-0.2, 0) is 4.79 Å². The molecule has 1 amide bonds. The first-order valence-electron chi connectivity index (χ1n) is 11.8. The van der Waals surface area contributed by atoms with Crippen molar-refractivity contribution < 1.29 is 9.53 Å². The van der Waals surface area contributed by atoms with Crippen LogP contribution in [0.1, 0.15) is 31.6 Å². The molecule has 1 saturated heterocycles. The Hall–Kier alpha value is -3.98. The lowest BCUT2D eigenvalue weighted by Crippen LogP contribution is -2.39. The maximum absolute atomic E-state index is 11.8. The van der Waals surface area contributed by atoms with E-state index in [1.807, 2.05) is 47.0 Å². The van der Waals surface area contributed by atoms with E-state index in [-0.39, 0.29) is 11.9 Å². The van der Waals surface area contributed by atoms with Gasteiger partial charge in [-0.3, -0.25) is 14.5 Å². The highest BCUT2D eigenvalue weighted by Gasteiger charge is 2.24. The highest BCUT2D eigenvalue weighted by atomic mass is 35.5. The number of halogens is 1. The summed E-state index contributed by atoms with van der Waals surface area (Å²) < 4.78 is 8.02. The van der Waals surface area contributed by atoms with E-state index in [9.17, 15) is 4.79 Å². The Morgan fingerprint density at radius 3 is 2.89 bits per heavy atom. The third-order valence-corrected chi connectivity index (χ3v) is 6.90. The minimum atomic E-state index is 0.0970. The first-order chi connectivity index (χ1) is 17.4. The Labute approximate surface area is 212 Å². The second-order valence-corrected chi connectivity index (χ2v) is 9.45. The van der Waals surface area contributed by atoms with Crippen LogP contribution in [-0.4, -0.2) is 53.6 Å². The van der Waals surface area contributed by atoms with Gasteiger partial charge < -0.3 is 14.6 Å². The Kier molecular flexibility index (Phi) is 5.56. The SMILES string of the molecule is CC(=O)N1CCCC(n2cc(-c3cnc4ccc(Oc5ccc6nc(C)[nH]c6c5)c(Cl)c4n3)cn2)C1. The monoisotopic (exact) mass is 501 g/mol. The Bertz CT molecular complexity index is 1610. The Morgan fingerprint density at radius 1 is 1.17 bits per heavy atom. The van der Waals surface area contributed by atoms with Crippen LogP contribution < -0.4 is 4.74 Å². The molecule has 0 saturated carbocycles. The number of amides is 1. The summed E-state index contributed by atoms with van der Waals surface area (Å²) in [6, 6.07) is 9.44. The van der Waals surface area contributed by atoms with Crippen molar-refractivity contribution in [2.75, 3.05) is 13.1 Å². The molecule has 4 heterocycles. The molecule has 182 valence electrons. The number of aryl methyl sites for hydroxylation is 1. The number of rotatable bonds is 4. The van der Waals surface area contributed by atoms with Crippen molar-refractivity contribution in [3.63, 3.8) is 0 Å². The van der Waals surface area contributed by atoms with Crippen molar-refractivity contribution in [3.8, 4) is 22.8 Å². The minimum absolute atomic E-state index is 0.0970. The molecule has 0 radical (unpaired) electrons. The number of aromatic amines is 1. The molecule has 9 nitrogen and oxygen atoms in total. The zero-order chi connectivity index (χ0) is 24.8. The van der Waals surface area contributed by atoms with Crippen LogP contribution in [0.5, 0.6) is 11.5 Å². The van der Waals surface area contributed by atoms with E-state index in [4.69, 9.17) is 21.3 Å². The summed E-state index contributed by atoms with van der Waals surface area (Å²) in [6.07, 6.45) is 7.39. The maximum atomic E-state index is 11.8. The van der Waals surface area contributed by atoms with Crippen LogP contribution in [0.3, 0.4) is 0 Å². The molecule has 1 atom stereocenters. The van der Waals surface area contributed by atoms with Crippen molar-refractivity contribution in [2.24, 2.45) is 0 Å². The number of carbonyl (C=O) groups is 1. The number of aromatic nitrogens is 6. The van der Waals surface area contributed by atoms with Gasteiger partial charge in [-0.2, -0.15) is 5.10 Å². The van der Waals surface area contributed by atoms with Gasteiger partial charge in [0.1, 0.15) is 27.9 Å². The summed E-state index contributed by atoms with van der Waals surface area (Å²) in [6.45, 7) is 4.99. The molecule has 6 rings (SSSR count). The summed E-state index contributed by atoms with van der Waals surface area (Å²) in [5.74, 6) is 2.08. The van der Waals surface area contributed by atoms with Gasteiger partial charge in [0.15, 0.2) is 0 Å². The smallest absolute Gasteiger partial charge is 0.219 e. The highest BCUT2D eigenvalue weighted by Crippen LogP contribution is 2.36. The molecule has 1 unspecified atom stereocenters. The van der Waals surface area contributed by atoms with Crippen LogP contribution >= 0.6 is 11.6 Å². The second-order valence-electron chi connectivity index (χ2n) is 9.07. The van der Waals surface area contributed by atoms with Crippen molar-refractivity contribution in [1.82, 2.24) is 34.6 Å². The number of benzene rings is 2. The third-order valence-electron chi connectivity index (χ3n) is 6.53. The van der Waals surface area contributed by atoms with Gasteiger partial charge in [0, 0.05) is 37.8 Å². The molecular weight excluding hydrogens is 478 g/mol. The molecule has 36 heavy (non-hydrogen) atoms. The summed E-state index contributed by atoms with van der Waals surface area (Å²) in [7, 11) is 0. The summed E-state index contributed by atoms with van der Waals surface area (Å²) in [4.78, 5) is 30.7. The molecule has 1 N–H and O–H groups in total. The zero-order valence-corrected chi connectivity index (χ0v) is 20.7. The Morgan fingerprint density at radius 2 is 2.03 bits per heavy atom. The topological polar surface area (TPSA) is 102 Å². The van der Waals surface area contributed by atoms with E-state index in [0.29, 0.717) is 39.8 Å². The number of hydrogen-bond donors (Lipinski definition) is 1. The molecule has 1 aliphatic heterocycles. The van der Waals surface area contributed by atoms with Gasteiger partial charge in [-0.25, -0.2) is 9.97 Å².